The summed E-state index contributed by atoms with van der Waals surface area (Å²) in [5.41, 5.74) is 2.56. The lowest BCUT2D eigenvalue weighted by Gasteiger charge is -2.28. The number of anilines is 1. The maximum Gasteiger partial charge on any atom is 0.309 e. The molecule has 1 aliphatic heterocycles. The van der Waals surface area contributed by atoms with Crippen molar-refractivity contribution in [2.75, 3.05) is 31.2 Å². The van der Waals surface area contributed by atoms with E-state index in [2.05, 4.69) is 9.88 Å². The topological polar surface area (TPSA) is 110 Å². The van der Waals surface area contributed by atoms with Crippen LogP contribution in [0.5, 0.6) is 5.75 Å². The Kier molecular flexibility index (Phi) is 8.85. The van der Waals surface area contributed by atoms with Gasteiger partial charge in [0, 0.05) is 53.3 Å². The summed E-state index contributed by atoms with van der Waals surface area (Å²) in [6, 6.07) is 16.6. The molecule has 45 heavy (non-hydrogen) atoms. The first-order valence-corrected chi connectivity index (χ1v) is 15.2. The molecule has 1 saturated heterocycles. The number of nitrogens with zero attached hydrogens (tertiary/aromatic N) is 3. The molecule has 0 radical (unpaired) electrons. The maximum absolute atomic E-state index is 14.4. The number of aryl methyl sites for hydroxylation is 1. The van der Waals surface area contributed by atoms with Crippen molar-refractivity contribution in [3.8, 4) is 5.75 Å². The number of benzene rings is 1. The van der Waals surface area contributed by atoms with Crippen molar-refractivity contribution in [2.45, 2.75) is 54.6 Å². The number of pyridine rings is 2. The van der Waals surface area contributed by atoms with Crippen LogP contribution in [0, 0.1) is 17.8 Å². The Morgan fingerprint density at radius 3 is 2.29 bits per heavy atom. The maximum atomic E-state index is 14.4. The van der Waals surface area contributed by atoms with Crippen molar-refractivity contribution in [2.24, 2.45) is 10.8 Å². The van der Waals surface area contributed by atoms with E-state index in [1.165, 1.54) is 0 Å². The number of carbonyl (C=O) groups is 3. The van der Waals surface area contributed by atoms with Gasteiger partial charge in [-0.05, 0) is 75.2 Å². The van der Waals surface area contributed by atoms with Gasteiger partial charge in [0.05, 0.1) is 35.5 Å². The molecule has 1 aromatic carbocycles. The van der Waals surface area contributed by atoms with Crippen LogP contribution in [0.25, 0.3) is 5.52 Å². The van der Waals surface area contributed by atoms with E-state index in [1.54, 1.807) is 48.7 Å². The van der Waals surface area contributed by atoms with E-state index in [4.69, 9.17) is 9.47 Å². The van der Waals surface area contributed by atoms with Crippen molar-refractivity contribution in [1.82, 2.24) is 9.38 Å². The van der Waals surface area contributed by atoms with Crippen molar-refractivity contribution in [3.63, 3.8) is 0 Å². The fourth-order valence-electron chi connectivity index (χ4n) is 5.56. The number of carbonyl (C=O) groups excluding carboxylic acids is 2. The monoisotopic (exact) mass is 611 g/mol. The molecule has 1 N–H and O–H groups in total. The van der Waals surface area contributed by atoms with E-state index < -0.39 is 16.8 Å². The number of carboxylic acid groups (broad SMARTS) is 1. The summed E-state index contributed by atoms with van der Waals surface area (Å²) in [6.07, 6.45) is 1.71. The van der Waals surface area contributed by atoms with Crippen LogP contribution in [0.1, 0.15) is 78.0 Å². The number of Topliss-reactive ketones (excluding diaryl/α,β-unsaturated/α-hetero) is 1. The van der Waals surface area contributed by atoms with E-state index in [-0.39, 0.29) is 30.3 Å². The summed E-state index contributed by atoms with van der Waals surface area (Å²) in [5.74, 6) is -0.991. The molecule has 4 heterocycles. The molecule has 0 atom stereocenters. The minimum absolute atomic E-state index is 0.0164. The van der Waals surface area contributed by atoms with E-state index in [1.807, 2.05) is 58.0 Å². The number of fused-ring (bicyclic) bond motifs is 1. The van der Waals surface area contributed by atoms with Crippen molar-refractivity contribution >= 4 is 28.7 Å². The fraction of sp³-hybridized carbons (Fsp3) is 0.389. The number of hydrogen-bond donors (Lipinski definition) is 1. The van der Waals surface area contributed by atoms with Crippen LogP contribution in [-0.4, -0.2) is 58.3 Å². The Labute approximate surface area is 263 Å². The summed E-state index contributed by atoms with van der Waals surface area (Å²) >= 11 is 0. The third kappa shape index (κ3) is 6.78. The number of aliphatic carboxylic acids is 1. The minimum atomic E-state index is -1.25. The summed E-state index contributed by atoms with van der Waals surface area (Å²) < 4.78 is 13.3. The Balaban J connectivity index is 1.65. The predicted molar refractivity (Wildman–Crippen MR) is 173 cm³/mol. The van der Waals surface area contributed by atoms with Crippen LogP contribution in [0.15, 0.2) is 60.8 Å². The average molecular weight is 612 g/mol. The average Bonchev–Trinajstić information content (AvgIpc) is 3.31. The smallest absolute Gasteiger partial charge is 0.309 e. The number of rotatable bonds is 10. The molecule has 5 rings (SSSR count). The molecule has 0 bridgehead atoms. The lowest BCUT2D eigenvalue weighted by atomic mass is 9.79. The summed E-state index contributed by atoms with van der Waals surface area (Å²) in [5, 5.41) is 10.1. The highest BCUT2D eigenvalue weighted by Crippen LogP contribution is 2.37. The molecular weight excluding hydrogens is 570 g/mol. The lowest BCUT2D eigenvalue weighted by molar-refractivity contribution is -0.146. The van der Waals surface area contributed by atoms with Gasteiger partial charge in [-0.1, -0.05) is 26.8 Å². The van der Waals surface area contributed by atoms with Crippen molar-refractivity contribution in [3.05, 3.63) is 94.6 Å². The first-order chi connectivity index (χ1) is 21.3. The predicted octanol–water partition coefficient (Wildman–Crippen LogP) is 6.17. The quantitative estimate of drug-likeness (QED) is 0.212. The highest BCUT2D eigenvalue weighted by atomic mass is 16.5. The molecular formula is C36H41N3O6. The van der Waals surface area contributed by atoms with Crippen LogP contribution in [0.2, 0.25) is 0 Å². The van der Waals surface area contributed by atoms with E-state index in [0.717, 1.165) is 30.2 Å². The largest absolute Gasteiger partial charge is 0.487 e. The molecule has 3 aromatic heterocycles. The molecule has 0 amide bonds. The van der Waals surface area contributed by atoms with Gasteiger partial charge in [-0.3, -0.25) is 19.4 Å². The number of ketones is 2. The molecule has 0 spiro atoms. The molecule has 0 aliphatic carbocycles. The summed E-state index contributed by atoms with van der Waals surface area (Å²) in [7, 11) is 0. The van der Waals surface area contributed by atoms with Gasteiger partial charge in [-0.25, -0.2) is 0 Å². The van der Waals surface area contributed by atoms with Crippen LogP contribution in [0.3, 0.4) is 0 Å². The lowest BCUT2D eigenvalue weighted by Crippen LogP contribution is -2.36. The Bertz CT molecular complexity index is 1740. The van der Waals surface area contributed by atoms with E-state index in [0.29, 0.717) is 41.2 Å². The summed E-state index contributed by atoms with van der Waals surface area (Å²) in [6.45, 7) is 13.7. The molecule has 9 nitrogen and oxygen atoms in total. The van der Waals surface area contributed by atoms with Gasteiger partial charge < -0.3 is 23.9 Å². The fourth-order valence-corrected chi connectivity index (χ4v) is 5.56. The zero-order valence-electron chi connectivity index (χ0n) is 26.8. The van der Waals surface area contributed by atoms with Crippen LogP contribution in [0.4, 0.5) is 5.69 Å². The normalized spacial score (nSPS) is 14.0. The molecule has 9 heteroatoms. The highest BCUT2D eigenvalue weighted by molar-refractivity contribution is 6.15. The highest BCUT2D eigenvalue weighted by Gasteiger charge is 2.37. The second-order valence-electron chi connectivity index (χ2n) is 13.3. The molecule has 1 fully saturated rings. The van der Waals surface area contributed by atoms with Crippen molar-refractivity contribution in [1.29, 1.82) is 0 Å². The number of ether oxygens (including phenoxy) is 2. The second kappa shape index (κ2) is 12.5. The van der Waals surface area contributed by atoms with Gasteiger partial charge in [-0.2, -0.15) is 0 Å². The molecule has 4 aromatic rings. The van der Waals surface area contributed by atoms with Crippen LogP contribution < -0.4 is 9.64 Å². The second-order valence-corrected chi connectivity index (χ2v) is 13.3. The van der Waals surface area contributed by atoms with E-state index in [9.17, 15) is 19.5 Å². The van der Waals surface area contributed by atoms with Gasteiger partial charge in [0.2, 0.25) is 5.78 Å². The SMILES string of the molecule is Cc1cccc(COc2ccn3c(C(=O)c4ccc(N5CCOCC5)cc4)c(CC(C)(C)C(=O)O)c(C(=O)C(C)(C)C)c3c2)n1. The first-order valence-electron chi connectivity index (χ1n) is 15.2. The number of hydrogen-bond acceptors (Lipinski definition) is 7. The van der Waals surface area contributed by atoms with Crippen molar-refractivity contribution < 1.29 is 29.0 Å². The Morgan fingerprint density at radius 1 is 0.978 bits per heavy atom. The molecule has 0 saturated carbocycles. The van der Waals surface area contributed by atoms with Gasteiger partial charge >= 0.3 is 5.97 Å². The van der Waals surface area contributed by atoms with E-state index >= 15 is 0 Å². The third-order valence-corrected chi connectivity index (χ3v) is 8.17. The standard InChI is InChI=1S/C36H41N3O6/c1-23-8-7-9-25(37-23)22-45-27-14-15-39-29(20-27)30(33(41)35(2,3)4)28(21-36(5,6)34(42)43)31(39)32(40)24-10-12-26(13-11-24)38-16-18-44-19-17-38/h7-15,20H,16-19,21-22H2,1-6H3,(H,42,43). The number of aromatic nitrogens is 2. The van der Waals surface area contributed by atoms with Gasteiger partial charge in [0.15, 0.2) is 5.78 Å². The van der Waals surface area contributed by atoms with Crippen LogP contribution >= 0.6 is 0 Å². The zero-order valence-corrected chi connectivity index (χ0v) is 26.8. The first kappa shape index (κ1) is 31.9. The number of morpholine rings is 1. The molecule has 0 unspecified atom stereocenters. The zero-order chi connectivity index (χ0) is 32.5. The Morgan fingerprint density at radius 2 is 1.67 bits per heavy atom. The molecule has 1 aliphatic rings. The number of carboxylic acids is 1. The Hall–Kier alpha value is -4.50. The van der Waals surface area contributed by atoms with Crippen LogP contribution in [-0.2, 0) is 22.6 Å². The third-order valence-electron chi connectivity index (χ3n) is 8.17. The minimum Gasteiger partial charge on any atom is -0.487 e. The summed E-state index contributed by atoms with van der Waals surface area (Å²) in [4.78, 5) is 47.6. The van der Waals surface area contributed by atoms with Gasteiger partial charge in [0.25, 0.3) is 0 Å². The van der Waals surface area contributed by atoms with Gasteiger partial charge in [-0.15, -0.1) is 0 Å². The molecule has 236 valence electrons. The van der Waals surface area contributed by atoms with Gasteiger partial charge in [0.1, 0.15) is 12.4 Å².